The number of nitrogens with one attached hydrogen (secondary N) is 1. The summed E-state index contributed by atoms with van der Waals surface area (Å²) in [4.78, 5) is 15.2. The van der Waals surface area contributed by atoms with E-state index in [0.717, 1.165) is 11.3 Å². The van der Waals surface area contributed by atoms with Crippen molar-refractivity contribution in [1.82, 2.24) is 9.71 Å². The number of aromatic carboxylic acids is 1. The van der Waals surface area contributed by atoms with Gasteiger partial charge in [0.25, 0.3) is 0 Å². The Morgan fingerprint density at radius 1 is 1.43 bits per heavy atom. The Morgan fingerprint density at radius 2 is 2.10 bits per heavy atom. The summed E-state index contributed by atoms with van der Waals surface area (Å²) in [5.41, 5.74) is 0.376. The number of carbonyl (C=O) groups is 1. The zero-order valence-electron chi connectivity index (χ0n) is 10.4. The van der Waals surface area contributed by atoms with Gasteiger partial charge in [0.1, 0.15) is 14.8 Å². The minimum Gasteiger partial charge on any atom is -0.477 e. The van der Waals surface area contributed by atoms with Crippen molar-refractivity contribution in [3.05, 3.63) is 29.2 Å². The van der Waals surface area contributed by atoms with E-state index in [4.69, 9.17) is 5.11 Å². The molecule has 0 radical (unpaired) electrons. The molecule has 6 nitrogen and oxygen atoms in total. The molecule has 2 N–H and O–H groups in total. The Morgan fingerprint density at radius 3 is 2.57 bits per heavy atom. The van der Waals surface area contributed by atoms with Gasteiger partial charge < -0.3 is 5.11 Å². The van der Waals surface area contributed by atoms with Crippen molar-refractivity contribution >= 4 is 70.5 Å². The third-order valence-electron chi connectivity index (χ3n) is 2.36. The standard InChI is InChI=1S/C10H8Br2N2O4S3/c1-4-8(10(15)16)20-7(14-4)3-13-21(17,18)5-2-6(11)19-9(5)12/h2,13H,3H2,1H3,(H,15,16). The van der Waals surface area contributed by atoms with E-state index in [1.165, 1.54) is 17.4 Å². The van der Waals surface area contributed by atoms with E-state index >= 15 is 0 Å². The highest BCUT2D eigenvalue weighted by Crippen LogP contribution is 2.34. The van der Waals surface area contributed by atoms with E-state index in [1.54, 1.807) is 6.92 Å². The lowest BCUT2D eigenvalue weighted by Crippen LogP contribution is -2.23. The molecule has 114 valence electrons. The first-order valence-electron chi connectivity index (χ1n) is 5.35. The molecule has 0 bridgehead atoms. The van der Waals surface area contributed by atoms with Gasteiger partial charge in [0.05, 0.1) is 19.8 Å². The predicted octanol–water partition coefficient (Wildman–Crippen LogP) is 3.21. The molecule has 2 heterocycles. The number of carboxylic acid groups (broad SMARTS) is 1. The van der Waals surface area contributed by atoms with Crippen LogP contribution < -0.4 is 4.72 Å². The Hall–Kier alpha value is -0.330. The molecule has 0 aliphatic heterocycles. The van der Waals surface area contributed by atoms with E-state index in [-0.39, 0.29) is 16.3 Å². The lowest BCUT2D eigenvalue weighted by molar-refractivity contribution is 0.0701. The van der Waals surface area contributed by atoms with Crippen LogP contribution in [0.5, 0.6) is 0 Å². The van der Waals surface area contributed by atoms with Crippen LogP contribution >= 0.6 is 54.5 Å². The van der Waals surface area contributed by atoms with Gasteiger partial charge in [-0.15, -0.1) is 22.7 Å². The van der Waals surface area contributed by atoms with Crippen molar-refractivity contribution in [2.24, 2.45) is 0 Å². The summed E-state index contributed by atoms with van der Waals surface area (Å²) in [7, 11) is -3.69. The van der Waals surface area contributed by atoms with Gasteiger partial charge in [0.2, 0.25) is 10.0 Å². The quantitative estimate of drug-likeness (QED) is 0.691. The predicted molar refractivity (Wildman–Crippen MR) is 87.6 cm³/mol. The van der Waals surface area contributed by atoms with Crippen LogP contribution in [0.2, 0.25) is 0 Å². The molecule has 0 saturated heterocycles. The van der Waals surface area contributed by atoms with Crippen LogP contribution in [0.15, 0.2) is 18.5 Å². The first-order valence-corrected chi connectivity index (χ1v) is 10.0. The maximum Gasteiger partial charge on any atom is 0.347 e. The average molecular weight is 476 g/mol. The molecule has 0 unspecified atom stereocenters. The molecule has 0 fully saturated rings. The molecule has 0 spiro atoms. The number of hydrogen-bond acceptors (Lipinski definition) is 6. The Balaban J connectivity index is 2.17. The maximum atomic E-state index is 12.2. The summed E-state index contributed by atoms with van der Waals surface area (Å²) >= 11 is 8.62. The fourth-order valence-corrected chi connectivity index (χ4v) is 7.20. The van der Waals surface area contributed by atoms with Crippen LogP contribution in [0.25, 0.3) is 0 Å². The number of carboxylic acids is 1. The Kier molecular flexibility index (Phi) is 5.21. The monoisotopic (exact) mass is 474 g/mol. The zero-order valence-corrected chi connectivity index (χ0v) is 16.0. The molecular formula is C10H8Br2N2O4S3. The number of thiazole rings is 1. The molecule has 0 amide bonds. The largest absolute Gasteiger partial charge is 0.477 e. The lowest BCUT2D eigenvalue weighted by Gasteiger charge is -2.03. The number of aromatic nitrogens is 1. The van der Waals surface area contributed by atoms with Crippen molar-refractivity contribution in [2.45, 2.75) is 18.4 Å². The van der Waals surface area contributed by atoms with Gasteiger partial charge in [0.15, 0.2) is 0 Å². The van der Waals surface area contributed by atoms with Crippen molar-refractivity contribution in [3.8, 4) is 0 Å². The second-order valence-electron chi connectivity index (χ2n) is 3.84. The maximum absolute atomic E-state index is 12.2. The number of nitrogens with zero attached hydrogens (tertiary/aromatic N) is 1. The van der Waals surface area contributed by atoms with Gasteiger partial charge in [-0.3, -0.25) is 0 Å². The van der Waals surface area contributed by atoms with Crippen LogP contribution in [0.3, 0.4) is 0 Å². The van der Waals surface area contributed by atoms with Crippen molar-refractivity contribution in [2.75, 3.05) is 0 Å². The molecule has 0 atom stereocenters. The fourth-order valence-electron chi connectivity index (χ4n) is 1.47. The van der Waals surface area contributed by atoms with Crippen LogP contribution in [-0.2, 0) is 16.6 Å². The summed E-state index contributed by atoms with van der Waals surface area (Å²) in [5.74, 6) is -1.07. The summed E-state index contributed by atoms with van der Waals surface area (Å²) < 4.78 is 27.9. The third-order valence-corrected chi connectivity index (χ3v) is 7.67. The van der Waals surface area contributed by atoms with E-state index in [0.29, 0.717) is 18.3 Å². The molecule has 0 saturated carbocycles. The van der Waals surface area contributed by atoms with Gasteiger partial charge >= 0.3 is 5.97 Å². The highest BCUT2D eigenvalue weighted by Gasteiger charge is 2.21. The number of aryl methyl sites for hydroxylation is 1. The molecule has 0 aliphatic rings. The minimum absolute atomic E-state index is 0.0545. The second-order valence-corrected chi connectivity index (χ2v) is 10.4. The average Bonchev–Trinajstić information content (AvgIpc) is 2.90. The highest BCUT2D eigenvalue weighted by molar-refractivity contribution is 9.12. The third kappa shape index (κ3) is 3.90. The smallest absolute Gasteiger partial charge is 0.347 e. The Bertz CT molecular complexity index is 797. The van der Waals surface area contributed by atoms with Crippen molar-refractivity contribution < 1.29 is 18.3 Å². The van der Waals surface area contributed by atoms with Gasteiger partial charge in [0, 0.05) is 0 Å². The summed E-state index contributed by atoms with van der Waals surface area (Å²) in [6.45, 7) is 1.52. The normalized spacial score (nSPS) is 11.8. The summed E-state index contributed by atoms with van der Waals surface area (Å²) in [6.07, 6.45) is 0. The molecule has 21 heavy (non-hydrogen) atoms. The van der Waals surface area contributed by atoms with E-state index in [1.807, 2.05) is 0 Å². The molecule has 2 aromatic rings. The Labute approximate surface area is 145 Å². The number of sulfonamides is 1. The van der Waals surface area contributed by atoms with Crippen LogP contribution in [0.1, 0.15) is 20.4 Å². The lowest BCUT2D eigenvalue weighted by atomic mass is 10.4. The van der Waals surface area contributed by atoms with Crippen LogP contribution in [0.4, 0.5) is 0 Å². The molecule has 2 rings (SSSR count). The highest BCUT2D eigenvalue weighted by atomic mass is 79.9. The SMILES string of the molecule is Cc1nc(CNS(=O)(=O)c2cc(Br)sc2Br)sc1C(=O)O. The zero-order chi connectivity index (χ0) is 15.8. The molecular weight excluding hydrogens is 468 g/mol. The summed E-state index contributed by atoms with van der Waals surface area (Å²) in [5, 5.41) is 9.35. The number of halogens is 2. The van der Waals surface area contributed by atoms with Gasteiger partial charge in [-0.05, 0) is 44.8 Å². The van der Waals surface area contributed by atoms with E-state index < -0.39 is 16.0 Å². The van der Waals surface area contributed by atoms with Crippen molar-refractivity contribution in [3.63, 3.8) is 0 Å². The first-order chi connectivity index (χ1) is 9.70. The molecule has 0 aromatic carbocycles. The summed E-state index contributed by atoms with van der Waals surface area (Å²) in [6, 6.07) is 1.49. The molecule has 11 heteroatoms. The topological polar surface area (TPSA) is 96.4 Å². The second kappa shape index (κ2) is 6.42. The van der Waals surface area contributed by atoms with E-state index in [2.05, 4.69) is 41.6 Å². The van der Waals surface area contributed by atoms with Gasteiger partial charge in [-0.25, -0.2) is 22.9 Å². The van der Waals surface area contributed by atoms with Crippen LogP contribution in [-0.4, -0.2) is 24.5 Å². The minimum atomic E-state index is -3.69. The number of hydrogen-bond donors (Lipinski definition) is 2. The first kappa shape index (κ1) is 17.0. The fraction of sp³-hybridized carbons (Fsp3) is 0.200. The van der Waals surface area contributed by atoms with Crippen LogP contribution in [0, 0.1) is 6.92 Å². The molecule has 2 aromatic heterocycles. The number of thiophene rings is 1. The van der Waals surface area contributed by atoms with E-state index in [9.17, 15) is 13.2 Å². The van der Waals surface area contributed by atoms with Gasteiger partial charge in [-0.1, -0.05) is 0 Å². The van der Waals surface area contributed by atoms with Crippen molar-refractivity contribution in [1.29, 1.82) is 0 Å². The number of rotatable bonds is 5. The molecule has 0 aliphatic carbocycles. The van der Waals surface area contributed by atoms with Gasteiger partial charge in [-0.2, -0.15) is 0 Å².